The summed E-state index contributed by atoms with van der Waals surface area (Å²) in [5.41, 5.74) is 9.66. The summed E-state index contributed by atoms with van der Waals surface area (Å²) in [7, 11) is 5.86. The molecular formula is C46H50N6O4. The summed E-state index contributed by atoms with van der Waals surface area (Å²) < 4.78 is 8.13. The van der Waals surface area contributed by atoms with Crippen LogP contribution in [0.25, 0.3) is 11.3 Å². The Balaban J connectivity index is 1.13. The van der Waals surface area contributed by atoms with Gasteiger partial charge in [0.05, 0.1) is 11.3 Å². The molecular weight excluding hydrogens is 701 g/mol. The van der Waals surface area contributed by atoms with E-state index in [1.807, 2.05) is 96.2 Å². The first kappa shape index (κ1) is 37.1. The van der Waals surface area contributed by atoms with Gasteiger partial charge in [0, 0.05) is 94.2 Å². The van der Waals surface area contributed by atoms with Gasteiger partial charge in [0.1, 0.15) is 0 Å². The number of hydrogen-bond donors (Lipinski definition) is 0. The van der Waals surface area contributed by atoms with Crippen molar-refractivity contribution in [3.63, 3.8) is 0 Å². The van der Waals surface area contributed by atoms with Crippen LogP contribution in [0.5, 0.6) is 5.75 Å². The molecule has 3 aliphatic rings. The van der Waals surface area contributed by atoms with Crippen molar-refractivity contribution in [3.8, 4) is 17.0 Å². The molecule has 1 aromatic heterocycles. The van der Waals surface area contributed by atoms with Gasteiger partial charge in [-0.2, -0.15) is 0 Å². The first-order valence-corrected chi connectivity index (χ1v) is 19.6. The van der Waals surface area contributed by atoms with Gasteiger partial charge in [-0.15, -0.1) is 0 Å². The van der Waals surface area contributed by atoms with E-state index in [2.05, 4.69) is 48.0 Å². The number of likely N-dealkylation sites (N-methyl/N-ethyl adjacent to an activating group) is 1. The molecule has 10 heteroatoms. The molecule has 0 spiro atoms. The molecule has 1 fully saturated rings. The molecule has 3 amide bonds. The lowest BCUT2D eigenvalue weighted by atomic mass is 9.90. The Morgan fingerprint density at radius 2 is 1.43 bits per heavy atom. The minimum absolute atomic E-state index is 0.0139. The van der Waals surface area contributed by atoms with Crippen LogP contribution in [0.3, 0.4) is 0 Å². The van der Waals surface area contributed by atoms with Gasteiger partial charge in [-0.25, -0.2) is 4.79 Å². The minimum Gasteiger partial charge on any atom is -0.408 e. The van der Waals surface area contributed by atoms with Gasteiger partial charge in [-0.1, -0.05) is 54.6 Å². The molecule has 5 aromatic rings. The van der Waals surface area contributed by atoms with Crippen molar-refractivity contribution in [1.82, 2.24) is 19.3 Å². The Bertz CT molecular complexity index is 2290. The maximum atomic E-state index is 14.9. The zero-order valence-corrected chi connectivity index (χ0v) is 33.0. The maximum Gasteiger partial charge on any atom is 0.415 e. The van der Waals surface area contributed by atoms with E-state index in [4.69, 9.17) is 4.74 Å². The minimum atomic E-state index is -0.404. The number of anilines is 2. The number of nitrogens with zero attached hydrogens (tertiary/aromatic N) is 6. The van der Waals surface area contributed by atoms with Crippen molar-refractivity contribution in [2.24, 2.45) is 7.05 Å². The molecule has 10 nitrogen and oxygen atoms in total. The number of amides is 3. The fourth-order valence-electron chi connectivity index (χ4n) is 8.39. The number of para-hydroxylation sites is 3. The van der Waals surface area contributed by atoms with Gasteiger partial charge in [0.2, 0.25) is 0 Å². The first-order chi connectivity index (χ1) is 27.1. The number of fused-ring (bicyclic) bond motifs is 2. The summed E-state index contributed by atoms with van der Waals surface area (Å²) in [5.74, 6) is 0.366. The van der Waals surface area contributed by atoms with Crippen LogP contribution >= 0.6 is 0 Å². The lowest BCUT2D eigenvalue weighted by molar-refractivity contribution is 0.0658. The van der Waals surface area contributed by atoms with Crippen LogP contribution in [0, 0.1) is 6.92 Å². The fourth-order valence-corrected chi connectivity index (χ4v) is 8.39. The van der Waals surface area contributed by atoms with E-state index < -0.39 is 6.09 Å². The third kappa shape index (κ3) is 7.05. The Morgan fingerprint density at radius 1 is 0.732 bits per heavy atom. The third-order valence-corrected chi connectivity index (χ3v) is 12.0. The third-order valence-electron chi connectivity index (χ3n) is 12.0. The highest BCUT2D eigenvalue weighted by atomic mass is 16.6. The lowest BCUT2D eigenvalue weighted by Crippen LogP contribution is -2.45. The molecule has 0 bridgehead atoms. The monoisotopic (exact) mass is 750 g/mol. The molecule has 3 aliphatic heterocycles. The van der Waals surface area contributed by atoms with Crippen molar-refractivity contribution in [2.45, 2.75) is 45.8 Å². The quantitative estimate of drug-likeness (QED) is 0.183. The molecule has 288 valence electrons. The van der Waals surface area contributed by atoms with Crippen LogP contribution in [0.15, 0.2) is 97.1 Å². The number of benzene rings is 4. The lowest BCUT2D eigenvalue weighted by Gasteiger charge is -2.36. The number of ether oxygens (including phenoxy) is 1. The van der Waals surface area contributed by atoms with E-state index >= 15 is 0 Å². The van der Waals surface area contributed by atoms with E-state index in [0.29, 0.717) is 42.9 Å². The normalized spacial score (nSPS) is 16.9. The highest BCUT2D eigenvalue weighted by Gasteiger charge is 2.33. The van der Waals surface area contributed by atoms with Crippen molar-refractivity contribution >= 4 is 29.3 Å². The van der Waals surface area contributed by atoms with Crippen molar-refractivity contribution < 1.29 is 19.1 Å². The number of carbonyl (C=O) groups is 3. The van der Waals surface area contributed by atoms with Gasteiger partial charge in [-0.3, -0.25) is 9.59 Å². The van der Waals surface area contributed by atoms with Crippen LogP contribution in [-0.4, -0.2) is 90.0 Å². The Hall–Kier alpha value is -5.87. The second-order valence-corrected chi connectivity index (χ2v) is 15.5. The van der Waals surface area contributed by atoms with Crippen LogP contribution in [0.4, 0.5) is 16.2 Å². The molecule has 0 radical (unpaired) electrons. The topological polar surface area (TPSA) is 81.6 Å². The number of carbonyl (C=O) groups excluding carboxylic acids is 3. The largest absolute Gasteiger partial charge is 0.415 e. The fraction of sp³-hybridized carbons (Fsp3) is 0.326. The summed E-state index contributed by atoms with van der Waals surface area (Å²) in [4.78, 5) is 52.7. The van der Waals surface area contributed by atoms with Crippen molar-refractivity contribution in [3.05, 3.63) is 136 Å². The summed E-state index contributed by atoms with van der Waals surface area (Å²) in [6, 6.07) is 31.7. The molecule has 1 atom stereocenters. The SMILES string of the molecule is Cc1c(C(=O)N(C)c2ccccc2)cc(-c2cc3c(cc2C(=O)N2Cc4ccccc4C[C@H]2C)CN(C(=O)Oc2ccccc2N2CCN(C)CC2)CC3)n1C. The number of rotatable bonds is 6. The van der Waals surface area contributed by atoms with E-state index in [1.165, 1.54) is 5.56 Å². The number of piperazine rings is 1. The molecule has 56 heavy (non-hydrogen) atoms. The molecule has 0 saturated carbocycles. The molecule has 1 saturated heterocycles. The molecule has 8 rings (SSSR count). The van der Waals surface area contributed by atoms with Gasteiger partial charge in [0.15, 0.2) is 5.75 Å². The zero-order valence-electron chi connectivity index (χ0n) is 33.0. The molecule has 0 aliphatic carbocycles. The highest BCUT2D eigenvalue weighted by molar-refractivity contribution is 6.08. The molecule has 4 heterocycles. The summed E-state index contributed by atoms with van der Waals surface area (Å²) in [6.45, 7) is 8.98. The Kier molecular flexibility index (Phi) is 10.2. The first-order valence-electron chi connectivity index (χ1n) is 19.6. The van der Waals surface area contributed by atoms with Crippen LogP contribution in [0.2, 0.25) is 0 Å². The van der Waals surface area contributed by atoms with Gasteiger partial charge >= 0.3 is 6.09 Å². The molecule has 4 aromatic carbocycles. The van der Waals surface area contributed by atoms with Crippen LogP contribution < -0.4 is 14.5 Å². The van der Waals surface area contributed by atoms with Crippen LogP contribution in [-0.2, 0) is 33.0 Å². The van der Waals surface area contributed by atoms with Gasteiger partial charge < -0.3 is 33.8 Å². The highest BCUT2D eigenvalue weighted by Crippen LogP contribution is 2.36. The average Bonchev–Trinajstić information content (AvgIpc) is 3.52. The van der Waals surface area contributed by atoms with E-state index in [-0.39, 0.29) is 17.9 Å². The maximum absolute atomic E-state index is 14.9. The van der Waals surface area contributed by atoms with Gasteiger partial charge in [-0.05, 0) is 98.5 Å². The molecule has 0 N–H and O–H groups in total. The smallest absolute Gasteiger partial charge is 0.408 e. The van der Waals surface area contributed by atoms with E-state index in [0.717, 1.165) is 77.6 Å². The predicted molar refractivity (Wildman–Crippen MR) is 221 cm³/mol. The summed E-state index contributed by atoms with van der Waals surface area (Å²) in [6.07, 6.45) is 0.968. The Labute approximate surface area is 329 Å². The second kappa shape index (κ2) is 15.3. The standard InChI is InChI=1S/C46H50N6O4/c1-31-25-33-13-9-10-14-35(33)30-52(31)45(54)40-27-36-29-51(46(55)56-43-18-12-11-17-41(43)50-23-21-47(3)22-24-50)20-19-34(36)26-39(40)42-28-38(32(2)48(42)4)44(53)49(5)37-15-7-6-8-16-37/h6-18,26-28,31H,19-25,29-30H2,1-5H3/t31-/m1/s1. The summed E-state index contributed by atoms with van der Waals surface area (Å²) in [5, 5.41) is 0. The van der Waals surface area contributed by atoms with E-state index in [9.17, 15) is 14.4 Å². The van der Waals surface area contributed by atoms with E-state index in [1.54, 1.807) is 16.8 Å². The predicted octanol–water partition coefficient (Wildman–Crippen LogP) is 7.17. The van der Waals surface area contributed by atoms with Crippen molar-refractivity contribution in [1.29, 1.82) is 0 Å². The average molecular weight is 751 g/mol. The van der Waals surface area contributed by atoms with Gasteiger partial charge in [0.25, 0.3) is 11.8 Å². The van der Waals surface area contributed by atoms with Crippen molar-refractivity contribution in [2.75, 3.05) is 56.6 Å². The van der Waals surface area contributed by atoms with Crippen LogP contribution in [0.1, 0.15) is 55.6 Å². The number of aromatic nitrogens is 1. The molecule has 0 unspecified atom stereocenters. The number of hydrogen-bond acceptors (Lipinski definition) is 6. The zero-order chi connectivity index (χ0) is 39.1. The second-order valence-electron chi connectivity index (χ2n) is 15.5. The summed E-state index contributed by atoms with van der Waals surface area (Å²) >= 11 is 0. The Morgan fingerprint density at radius 3 is 2.20 bits per heavy atom.